The van der Waals surface area contributed by atoms with Gasteiger partial charge in [-0.15, -0.1) is 0 Å². The first kappa shape index (κ1) is 18.2. The maximum Gasteiger partial charge on any atom is 0.125 e. The molecule has 0 atom stereocenters. The molecule has 0 aliphatic carbocycles. The van der Waals surface area contributed by atoms with Crippen LogP contribution in [0.1, 0.15) is 0 Å². The summed E-state index contributed by atoms with van der Waals surface area (Å²) in [6.07, 6.45) is 0. The average Bonchev–Trinajstić information content (AvgIpc) is 3.39. The SMILES string of the molecule is Fc1cccc(-n2c3ccccc3c3cc(-c4ccc5[nH]c6ccccc6c5c4)ccc32)c1. The van der Waals surface area contributed by atoms with E-state index in [-0.39, 0.29) is 5.82 Å². The van der Waals surface area contributed by atoms with Crippen molar-refractivity contribution < 1.29 is 4.39 Å². The molecule has 33 heavy (non-hydrogen) atoms. The van der Waals surface area contributed by atoms with Gasteiger partial charge in [-0.1, -0.05) is 54.6 Å². The predicted octanol–water partition coefficient (Wildman–Crippen LogP) is 8.22. The molecule has 2 aromatic heterocycles. The monoisotopic (exact) mass is 426 g/mol. The van der Waals surface area contributed by atoms with Crippen molar-refractivity contribution in [3.63, 3.8) is 0 Å². The van der Waals surface area contributed by atoms with Gasteiger partial charge in [0.15, 0.2) is 0 Å². The fraction of sp³-hybridized carbons (Fsp3) is 0. The highest BCUT2D eigenvalue weighted by molar-refractivity contribution is 6.11. The van der Waals surface area contributed by atoms with Gasteiger partial charge in [-0.2, -0.15) is 0 Å². The number of nitrogens with one attached hydrogen (secondary N) is 1. The summed E-state index contributed by atoms with van der Waals surface area (Å²) in [5.41, 5.74) is 7.60. The van der Waals surface area contributed by atoms with E-state index in [4.69, 9.17) is 0 Å². The fourth-order valence-electron chi connectivity index (χ4n) is 5.07. The van der Waals surface area contributed by atoms with Gasteiger partial charge in [0.2, 0.25) is 0 Å². The fourth-order valence-corrected chi connectivity index (χ4v) is 5.07. The van der Waals surface area contributed by atoms with Crippen molar-refractivity contribution in [3.05, 3.63) is 115 Å². The Kier molecular flexibility index (Phi) is 3.76. The molecule has 156 valence electrons. The first-order valence-corrected chi connectivity index (χ1v) is 11.1. The Bertz CT molecular complexity index is 1840. The lowest BCUT2D eigenvalue weighted by atomic mass is 10.0. The van der Waals surface area contributed by atoms with Gasteiger partial charge < -0.3 is 9.55 Å². The number of aromatic nitrogens is 2. The van der Waals surface area contributed by atoms with E-state index in [9.17, 15) is 4.39 Å². The van der Waals surface area contributed by atoms with Gasteiger partial charge in [-0.3, -0.25) is 0 Å². The Morgan fingerprint density at radius 2 is 1.21 bits per heavy atom. The van der Waals surface area contributed by atoms with E-state index in [2.05, 4.69) is 88.4 Å². The first-order valence-electron chi connectivity index (χ1n) is 11.1. The summed E-state index contributed by atoms with van der Waals surface area (Å²) in [6, 6.07) is 36.7. The third-order valence-corrected chi connectivity index (χ3v) is 6.58. The molecule has 5 aromatic carbocycles. The largest absolute Gasteiger partial charge is 0.355 e. The molecule has 0 bridgehead atoms. The molecule has 0 aliphatic heterocycles. The minimum Gasteiger partial charge on any atom is -0.355 e. The van der Waals surface area contributed by atoms with Gasteiger partial charge in [0.25, 0.3) is 0 Å². The zero-order valence-electron chi connectivity index (χ0n) is 17.7. The van der Waals surface area contributed by atoms with Crippen LogP contribution in [0.15, 0.2) is 109 Å². The van der Waals surface area contributed by atoms with E-state index in [1.807, 2.05) is 12.1 Å². The standard InChI is InChI=1S/C30H19FN2/c31-21-6-5-7-22(18-21)33-29-11-4-2-9-24(29)26-17-20(13-15-30(26)33)19-12-14-28-25(16-19)23-8-1-3-10-27(23)32-28/h1-18,32H. The lowest BCUT2D eigenvalue weighted by Crippen LogP contribution is -1.94. The Hall–Kier alpha value is -4.37. The molecule has 0 amide bonds. The lowest BCUT2D eigenvalue weighted by molar-refractivity contribution is 0.627. The molecule has 0 spiro atoms. The number of hydrogen-bond donors (Lipinski definition) is 1. The molecule has 2 nitrogen and oxygen atoms in total. The summed E-state index contributed by atoms with van der Waals surface area (Å²) >= 11 is 0. The molecule has 2 heterocycles. The molecule has 0 radical (unpaired) electrons. The number of rotatable bonds is 2. The zero-order chi connectivity index (χ0) is 21.9. The maximum atomic E-state index is 14.0. The minimum atomic E-state index is -0.234. The van der Waals surface area contributed by atoms with Crippen LogP contribution in [0, 0.1) is 5.82 Å². The van der Waals surface area contributed by atoms with Crippen molar-refractivity contribution in [2.45, 2.75) is 0 Å². The van der Waals surface area contributed by atoms with E-state index >= 15 is 0 Å². The molecule has 0 saturated heterocycles. The first-order chi connectivity index (χ1) is 16.3. The van der Waals surface area contributed by atoms with Crippen molar-refractivity contribution in [1.29, 1.82) is 0 Å². The van der Waals surface area contributed by atoms with E-state index in [1.54, 1.807) is 12.1 Å². The number of nitrogens with zero attached hydrogens (tertiary/aromatic N) is 1. The van der Waals surface area contributed by atoms with Crippen molar-refractivity contribution in [1.82, 2.24) is 9.55 Å². The quantitative estimate of drug-likeness (QED) is 0.287. The van der Waals surface area contributed by atoms with Gasteiger partial charge in [0.05, 0.1) is 11.0 Å². The molecule has 0 aliphatic rings. The molecule has 1 N–H and O–H groups in total. The summed E-state index contributed by atoms with van der Waals surface area (Å²) < 4.78 is 16.2. The Morgan fingerprint density at radius 3 is 2.09 bits per heavy atom. The Balaban J connectivity index is 1.48. The number of halogens is 1. The topological polar surface area (TPSA) is 20.7 Å². The van der Waals surface area contributed by atoms with E-state index < -0.39 is 0 Å². The zero-order valence-corrected chi connectivity index (χ0v) is 17.7. The van der Waals surface area contributed by atoms with Crippen molar-refractivity contribution in [3.8, 4) is 16.8 Å². The highest BCUT2D eigenvalue weighted by Gasteiger charge is 2.14. The molecule has 7 aromatic rings. The molecule has 7 rings (SSSR count). The number of H-pyrrole nitrogens is 1. The van der Waals surface area contributed by atoms with E-state index in [1.165, 1.54) is 22.4 Å². The van der Waals surface area contributed by atoms with Crippen LogP contribution in [0.25, 0.3) is 60.4 Å². The van der Waals surface area contributed by atoms with Crippen molar-refractivity contribution in [2.24, 2.45) is 0 Å². The second-order valence-corrected chi connectivity index (χ2v) is 8.50. The lowest BCUT2D eigenvalue weighted by Gasteiger charge is -2.08. The highest BCUT2D eigenvalue weighted by atomic mass is 19.1. The second kappa shape index (κ2) is 6.81. The van der Waals surface area contributed by atoms with Crippen LogP contribution in [0.2, 0.25) is 0 Å². The van der Waals surface area contributed by atoms with Gasteiger partial charge in [0, 0.05) is 38.3 Å². The molecule has 0 fully saturated rings. The molecule has 3 heteroatoms. The molecule has 0 saturated carbocycles. The van der Waals surface area contributed by atoms with Crippen LogP contribution in [0.4, 0.5) is 4.39 Å². The molecular weight excluding hydrogens is 407 g/mol. The van der Waals surface area contributed by atoms with Crippen molar-refractivity contribution in [2.75, 3.05) is 0 Å². The number of fused-ring (bicyclic) bond motifs is 6. The molecular formula is C30H19FN2. The van der Waals surface area contributed by atoms with Crippen LogP contribution >= 0.6 is 0 Å². The van der Waals surface area contributed by atoms with E-state index in [0.29, 0.717) is 0 Å². The third-order valence-electron chi connectivity index (χ3n) is 6.58. The van der Waals surface area contributed by atoms with Crippen LogP contribution in [0.3, 0.4) is 0 Å². The van der Waals surface area contributed by atoms with E-state index in [0.717, 1.165) is 44.1 Å². The van der Waals surface area contributed by atoms with Crippen LogP contribution in [-0.2, 0) is 0 Å². The Morgan fingerprint density at radius 1 is 0.515 bits per heavy atom. The van der Waals surface area contributed by atoms with Gasteiger partial charge in [-0.25, -0.2) is 4.39 Å². The summed E-state index contributed by atoms with van der Waals surface area (Å²) in [4.78, 5) is 3.50. The van der Waals surface area contributed by atoms with Gasteiger partial charge in [0.1, 0.15) is 5.82 Å². The van der Waals surface area contributed by atoms with Crippen molar-refractivity contribution >= 4 is 43.6 Å². The number of para-hydroxylation sites is 2. The second-order valence-electron chi connectivity index (χ2n) is 8.50. The normalized spacial score (nSPS) is 11.8. The van der Waals surface area contributed by atoms with Crippen LogP contribution in [-0.4, -0.2) is 9.55 Å². The van der Waals surface area contributed by atoms with Crippen LogP contribution < -0.4 is 0 Å². The summed E-state index contributed by atoms with van der Waals surface area (Å²) in [5, 5.41) is 4.78. The summed E-state index contributed by atoms with van der Waals surface area (Å²) in [5.74, 6) is -0.234. The smallest absolute Gasteiger partial charge is 0.125 e. The minimum absolute atomic E-state index is 0.234. The average molecular weight is 426 g/mol. The maximum absolute atomic E-state index is 14.0. The molecule has 0 unspecified atom stereocenters. The third kappa shape index (κ3) is 2.72. The number of aromatic amines is 1. The summed E-state index contributed by atoms with van der Waals surface area (Å²) in [6.45, 7) is 0. The highest BCUT2D eigenvalue weighted by Crippen LogP contribution is 2.36. The predicted molar refractivity (Wildman–Crippen MR) is 136 cm³/mol. The summed E-state index contributed by atoms with van der Waals surface area (Å²) in [7, 11) is 0. The number of hydrogen-bond acceptors (Lipinski definition) is 0. The number of benzene rings is 5. The van der Waals surface area contributed by atoms with Gasteiger partial charge in [-0.05, 0) is 65.7 Å². The van der Waals surface area contributed by atoms with Gasteiger partial charge >= 0.3 is 0 Å². The van der Waals surface area contributed by atoms with Crippen LogP contribution in [0.5, 0.6) is 0 Å². The Labute approximate surface area is 189 Å².